The normalized spacial score (nSPS) is 11.0. The molecule has 6 heteroatoms. The fourth-order valence-corrected chi connectivity index (χ4v) is 1.76. The van der Waals surface area contributed by atoms with E-state index in [2.05, 4.69) is 0 Å². The molecule has 23 heavy (non-hydrogen) atoms. The maximum absolute atomic E-state index is 11.6. The highest BCUT2D eigenvalue weighted by molar-refractivity contribution is 6.30. The molecule has 0 heterocycles. The average molecular weight is 326 g/mol. The Morgan fingerprint density at radius 1 is 1.26 bits per heavy atom. The van der Waals surface area contributed by atoms with Crippen molar-refractivity contribution in [1.29, 1.82) is 15.9 Å². The van der Waals surface area contributed by atoms with E-state index in [1.54, 1.807) is 37.3 Å². The fraction of sp³-hybridized carbons (Fsp3) is 0.118. The maximum atomic E-state index is 11.6. The fourth-order valence-electron chi connectivity index (χ4n) is 1.64. The first-order chi connectivity index (χ1) is 11.1. The van der Waals surface area contributed by atoms with E-state index in [0.29, 0.717) is 16.2 Å². The molecule has 0 aliphatic carbocycles. The van der Waals surface area contributed by atoms with Crippen molar-refractivity contribution in [2.24, 2.45) is 0 Å². The molecule has 0 saturated heterocycles. The van der Waals surface area contributed by atoms with Gasteiger partial charge in [0.2, 0.25) is 0 Å². The molecule has 0 radical (unpaired) electrons. The lowest BCUT2D eigenvalue weighted by Crippen LogP contribution is -2.05. The molecule has 1 aromatic rings. The minimum atomic E-state index is -0.751. The largest absolute Gasteiger partial charge is 0.462 e. The summed E-state index contributed by atoms with van der Waals surface area (Å²) in [5.74, 6) is 1.29. The Labute approximate surface area is 138 Å². The van der Waals surface area contributed by atoms with Gasteiger partial charge in [0.15, 0.2) is 0 Å². The van der Waals surface area contributed by atoms with Gasteiger partial charge in [-0.3, -0.25) is 5.41 Å². The van der Waals surface area contributed by atoms with E-state index < -0.39 is 5.97 Å². The molecular weight excluding hydrogens is 314 g/mol. The predicted octanol–water partition coefficient (Wildman–Crippen LogP) is 3.43. The van der Waals surface area contributed by atoms with Crippen LogP contribution >= 0.6 is 11.6 Å². The van der Waals surface area contributed by atoms with Crippen LogP contribution in [-0.4, -0.2) is 18.4 Å². The lowest BCUT2D eigenvalue weighted by atomic mass is 9.98. The number of rotatable bonds is 5. The summed E-state index contributed by atoms with van der Waals surface area (Å²) >= 11 is 5.83. The van der Waals surface area contributed by atoms with Crippen LogP contribution in [0.4, 0.5) is 0 Å². The van der Waals surface area contributed by atoms with Crippen molar-refractivity contribution in [3.8, 4) is 12.1 Å². The Morgan fingerprint density at radius 3 is 2.39 bits per heavy atom. The number of benzene rings is 1. The number of nitriles is 2. The smallest absolute Gasteiger partial charge is 0.348 e. The molecule has 5 nitrogen and oxygen atoms in total. The van der Waals surface area contributed by atoms with Gasteiger partial charge in [0.25, 0.3) is 0 Å². The molecule has 114 valence electrons. The highest BCUT2D eigenvalue weighted by Gasteiger charge is 2.11. The third-order valence-corrected chi connectivity index (χ3v) is 2.95. The number of carbonyl (C=O) groups is 1. The van der Waals surface area contributed by atoms with Crippen LogP contribution in [0.25, 0.3) is 5.57 Å². The molecule has 0 unspecified atom stereocenters. The van der Waals surface area contributed by atoms with Gasteiger partial charge in [0.05, 0.1) is 6.61 Å². The monoisotopic (exact) mass is 325 g/mol. The quantitative estimate of drug-likeness (QED) is 0.295. The Kier molecular flexibility index (Phi) is 7.04. The second kappa shape index (κ2) is 9.02. The number of hydrogen-bond acceptors (Lipinski definition) is 5. The molecule has 1 rings (SSSR count). The summed E-state index contributed by atoms with van der Waals surface area (Å²) in [5.41, 5.74) is 0.699. The van der Waals surface area contributed by atoms with Gasteiger partial charge in [-0.05, 0) is 36.6 Å². The Balaban J connectivity index is 3.38. The molecule has 0 aliphatic heterocycles. The van der Waals surface area contributed by atoms with Gasteiger partial charge in [-0.1, -0.05) is 29.8 Å². The molecule has 0 aromatic heterocycles. The summed E-state index contributed by atoms with van der Waals surface area (Å²) in [5, 5.41) is 25.8. The first-order valence-corrected chi connectivity index (χ1v) is 6.90. The first-order valence-electron chi connectivity index (χ1n) is 6.52. The minimum Gasteiger partial charge on any atom is -0.462 e. The van der Waals surface area contributed by atoms with E-state index in [4.69, 9.17) is 32.3 Å². The van der Waals surface area contributed by atoms with E-state index in [1.807, 2.05) is 11.9 Å². The van der Waals surface area contributed by atoms with Crippen LogP contribution < -0.4 is 0 Å². The van der Waals surface area contributed by atoms with Gasteiger partial charge < -0.3 is 4.74 Å². The molecule has 0 spiro atoms. The van der Waals surface area contributed by atoms with Crippen molar-refractivity contribution in [2.75, 3.05) is 6.61 Å². The number of hydrogen-bond donors (Lipinski definition) is 1. The van der Waals surface area contributed by atoms with Gasteiger partial charge >= 0.3 is 5.97 Å². The number of allylic oxidation sites excluding steroid dienone is 4. The number of nitrogens with one attached hydrogen (secondary N) is 1. The Hall–Kier alpha value is -3.11. The van der Waals surface area contributed by atoms with Crippen LogP contribution in [0, 0.1) is 28.1 Å². The minimum absolute atomic E-state index is 0.0373. The Morgan fingerprint density at radius 2 is 1.91 bits per heavy atom. The lowest BCUT2D eigenvalue weighted by molar-refractivity contribution is -0.138. The lowest BCUT2D eigenvalue weighted by Gasteiger charge is -2.04. The standard InChI is InChI=1S/C17H12ClN3O2/c1-2-23-17(22)13(9-19)5-8-16(14(10-20)11-21)12-3-6-15(18)7-4-12/h3-8,20H,2H2,1H3/b13-5+,16-8-. The van der Waals surface area contributed by atoms with Gasteiger partial charge in [0, 0.05) is 10.6 Å². The van der Waals surface area contributed by atoms with Crippen molar-refractivity contribution in [3.63, 3.8) is 0 Å². The molecule has 0 atom stereocenters. The highest BCUT2D eigenvalue weighted by atomic mass is 35.5. The summed E-state index contributed by atoms with van der Waals surface area (Å²) < 4.78 is 4.76. The van der Waals surface area contributed by atoms with E-state index >= 15 is 0 Å². The van der Waals surface area contributed by atoms with E-state index in [-0.39, 0.29) is 17.8 Å². The van der Waals surface area contributed by atoms with Crippen molar-refractivity contribution in [1.82, 2.24) is 0 Å². The zero-order valence-corrected chi connectivity index (χ0v) is 13.0. The van der Waals surface area contributed by atoms with E-state index in [9.17, 15) is 4.79 Å². The van der Waals surface area contributed by atoms with Crippen LogP contribution in [0.5, 0.6) is 0 Å². The predicted molar refractivity (Wildman–Crippen MR) is 86.6 cm³/mol. The number of ether oxygens (including phenoxy) is 1. The van der Waals surface area contributed by atoms with Crippen molar-refractivity contribution < 1.29 is 9.53 Å². The van der Waals surface area contributed by atoms with Gasteiger partial charge in [0.1, 0.15) is 23.3 Å². The van der Waals surface area contributed by atoms with Crippen LogP contribution in [0.3, 0.4) is 0 Å². The molecular formula is C17H12ClN3O2. The van der Waals surface area contributed by atoms with Gasteiger partial charge in [-0.2, -0.15) is 10.5 Å². The Bertz CT molecular complexity index is 787. The highest BCUT2D eigenvalue weighted by Crippen LogP contribution is 2.23. The number of carbonyl (C=O) groups excluding carboxylic acids is 1. The molecule has 0 saturated carbocycles. The number of nitrogens with zero attached hydrogens (tertiary/aromatic N) is 2. The van der Waals surface area contributed by atoms with E-state index in [0.717, 1.165) is 0 Å². The zero-order valence-electron chi connectivity index (χ0n) is 12.3. The molecule has 0 fully saturated rings. The third-order valence-electron chi connectivity index (χ3n) is 2.69. The van der Waals surface area contributed by atoms with Gasteiger partial charge in [-0.25, -0.2) is 4.79 Å². The van der Waals surface area contributed by atoms with E-state index in [1.165, 1.54) is 12.2 Å². The summed E-state index contributed by atoms with van der Waals surface area (Å²) in [6, 6.07) is 10.2. The van der Waals surface area contributed by atoms with Crippen LogP contribution in [-0.2, 0) is 9.53 Å². The summed E-state index contributed by atoms with van der Waals surface area (Å²) in [6.07, 6.45) is 2.65. The number of halogens is 1. The molecule has 1 N–H and O–H groups in total. The number of esters is 1. The second-order valence-corrected chi connectivity index (χ2v) is 4.55. The summed E-state index contributed by atoms with van der Waals surface area (Å²) in [6.45, 7) is 1.78. The third kappa shape index (κ3) is 4.98. The van der Waals surface area contributed by atoms with Crippen molar-refractivity contribution >= 4 is 29.0 Å². The first kappa shape index (κ1) is 17.9. The second-order valence-electron chi connectivity index (χ2n) is 4.11. The van der Waals surface area contributed by atoms with Crippen LogP contribution in [0.15, 0.2) is 47.6 Å². The molecule has 0 amide bonds. The zero-order chi connectivity index (χ0) is 17.2. The average Bonchev–Trinajstić information content (AvgIpc) is 2.56. The van der Waals surface area contributed by atoms with Crippen LogP contribution in [0.1, 0.15) is 12.5 Å². The van der Waals surface area contributed by atoms with Crippen LogP contribution in [0.2, 0.25) is 5.02 Å². The SMILES string of the molecule is CCOC(=O)/C(C#N)=C/C=C(\C(=C=N)C#N)c1ccc(Cl)cc1. The van der Waals surface area contributed by atoms with Gasteiger partial charge in [-0.15, -0.1) is 0 Å². The molecule has 0 aliphatic rings. The maximum Gasteiger partial charge on any atom is 0.348 e. The molecule has 0 bridgehead atoms. The summed E-state index contributed by atoms with van der Waals surface area (Å²) in [4.78, 5) is 11.6. The summed E-state index contributed by atoms with van der Waals surface area (Å²) in [7, 11) is 0. The topological polar surface area (TPSA) is 97.7 Å². The molecule has 1 aromatic carbocycles. The van der Waals surface area contributed by atoms with Crippen molar-refractivity contribution in [3.05, 3.63) is 58.1 Å². The van der Waals surface area contributed by atoms with Crippen molar-refractivity contribution in [2.45, 2.75) is 6.92 Å².